The van der Waals surface area contributed by atoms with Crippen LogP contribution in [0.15, 0.2) is 0 Å². The van der Waals surface area contributed by atoms with E-state index in [4.69, 9.17) is 9.47 Å². The van der Waals surface area contributed by atoms with E-state index in [1.165, 1.54) is 4.90 Å². The second-order valence-electron chi connectivity index (χ2n) is 9.09. The summed E-state index contributed by atoms with van der Waals surface area (Å²) in [6, 6.07) is 0.280. The Morgan fingerprint density at radius 2 is 1.89 bits per heavy atom. The van der Waals surface area contributed by atoms with Crippen molar-refractivity contribution in [3.63, 3.8) is 0 Å². The molecule has 0 N–H and O–H groups in total. The SMILES string of the molecule is CCCN1C(=O)OC2(CCCN(C3CCN(C(=O)OC(C)(C)C)CC3)C2)C1=O. The van der Waals surface area contributed by atoms with Crippen molar-refractivity contribution in [2.45, 2.75) is 77.0 Å². The number of nitrogens with zero attached hydrogens (tertiary/aromatic N) is 3. The van der Waals surface area contributed by atoms with E-state index in [9.17, 15) is 14.4 Å². The highest BCUT2D eigenvalue weighted by Gasteiger charge is 2.56. The van der Waals surface area contributed by atoms with Crippen LogP contribution in [0.2, 0.25) is 0 Å². The molecule has 3 heterocycles. The lowest BCUT2D eigenvalue weighted by molar-refractivity contribution is -0.142. The number of ether oxygens (including phenoxy) is 2. The number of likely N-dealkylation sites (tertiary alicyclic amines) is 2. The van der Waals surface area contributed by atoms with Crippen molar-refractivity contribution in [3.8, 4) is 0 Å². The lowest BCUT2D eigenvalue weighted by atomic mass is 9.89. The van der Waals surface area contributed by atoms with E-state index in [0.717, 1.165) is 32.2 Å². The molecule has 0 radical (unpaired) electrons. The molecule has 3 aliphatic rings. The fourth-order valence-electron chi connectivity index (χ4n) is 4.37. The monoisotopic (exact) mass is 395 g/mol. The number of piperidine rings is 2. The smallest absolute Gasteiger partial charge is 0.417 e. The lowest BCUT2D eigenvalue weighted by Crippen LogP contribution is -2.58. The Kier molecular flexibility index (Phi) is 5.89. The highest BCUT2D eigenvalue weighted by molar-refractivity contribution is 6.03. The largest absolute Gasteiger partial charge is 0.444 e. The second kappa shape index (κ2) is 7.89. The Bertz CT molecular complexity index is 624. The summed E-state index contributed by atoms with van der Waals surface area (Å²) in [6.07, 6.45) is 3.02. The summed E-state index contributed by atoms with van der Waals surface area (Å²) in [5, 5.41) is 0. The van der Waals surface area contributed by atoms with Crippen LogP contribution in [-0.2, 0) is 14.3 Å². The van der Waals surface area contributed by atoms with Crippen LogP contribution >= 0.6 is 0 Å². The van der Waals surface area contributed by atoms with Gasteiger partial charge in [0.1, 0.15) is 5.60 Å². The van der Waals surface area contributed by atoms with E-state index in [2.05, 4.69) is 4.90 Å². The molecule has 0 aromatic carbocycles. The summed E-state index contributed by atoms with van der Waals surface area (Å²) < 4.78 is 11.1. The predicted molar refractivity (Wildman–Crippen MR) is 103 cm³/mol. The zero-order chi connectivity index (χ0) is 20.5. The van der Waals surface area contributed by atoms with E-state index < -0.39 is 17.3 Å². The fourth-order valence-corrected chi connectivity index (χ4v) is 4.37. The maximum absolute atomic E-state index is 12.9. The molecule has 0 aliphatic carbocycles. The molecule has 3 fully saturated rings. The molecule has 3 saturated heterocycles. The third kappa shape index (κ3) is 4.26. The molecule has 8 heteroatoms. The topological polar surface area (TPSA) is 79.4 Å². The van der Waals surface area contributed by atoms with Crippen molar-refractivity contribution < 1.29 is 23.9 Å². The first-order valence-corrected chi connectivity index (χ1v) is 10.4. The van der Waals surface area contributed by atoms with Crippen molar-refractivity contribution in [2.75, 3.05) is 32.7 Å². The lowest BCUT2D eigenvalue weighted by Gasteiger charge is -2.44. The van der Waals surface area contributed by atoms with Gasteiger partial charge >= 0.3 is 12.2 Å². The molecular formula is C20H33N3O5. The number of hydrogen-bond acceptors (Lipinski definition) is 6. The maximum Gasteiger partial charge on any atom is 0.417 e. The van der Waals surface area contributed by atoms with Gasteiger partial charge in [-0.05, 0) is 59.4 Å². The molecular weight excluding hydrogens is 362 g/mol. The number of amides is 3. The molecule has 28 heavy (non-hydrogen) atoms. The minimum Gasteiger partial charge on any atom is -0.444 e. The van der Waals surface area contributed by atoms with Crippen molar-refractivity contribution in [1.82, 2.24) is 14.7 Å². The first-order chi connectivity index (χ1) is 13.1. The van der Waals surface area contributed by atoms with Crippen LogP contribution in [0.1, 0.15) is 59.8 Å². The van der Waals surface area contributed by atoms with Crippen molar-refractivity contribution in [3.05, 3.63) is 0 Å². The van der Waals surface area contributed by atoms with Gasteiger partial charge < -0.3 is 14.4 Å². The third-order valence-corrected chi connectivity index (χ3v) is 5.70. The number of imide groups is 1. The Balaban J connectivity index is 1.58. The molecule has 1 spiro atoms. The van der Waals surface area contributed by atoms with E-state index >= 15 is 0 Å². The first-order valence-electron chi connectivity index (χ1n) is 10.4. The summed E-state index contributed by atoms with van der Waals surface area (Å²) in [4.78, 5) is 42.6. The minimum absolute atomic E-state index is 0.185. The Morgan fingerprint density at radius 3 is 2.50 bits per heavy atom. The van der Waals surface area contributed by atoms with Gasteiger partial charge in [0.15, 0.2) is 0 Å². The first kappa shape index (κ1) is 20.9. The van der Waals surface area contributed by atoms with E-state index in [0.29, 0.717) is 32.6 Å². The van der Waals surface area contributed by atoms with Crippen LogP contribution in [0.4, 0.5) is 9.59 Å². The van der Waals surface area contributed by atoms with Gasteiger partial charge in [-0.25, -0.2) is 14.5 Å². The van der Waals surface area contributed by atoms with Gasteiger partial charge in [-0.2, -0.15) is 0 Å². The molecule has 0 aromatic rings. The van der Waals surface area contributed by atoms with Gasteiger partial charge in [-0.3, -0.25) is 9.69 Å². The highest BCUT2D eigenvalue weighted by atomic mass is 16.6. The van der Waals surface area contributed by atoms with Gasteiger partial charge in [-0.1, -0.05) is 6.92 Å². The zero-order valence-electron chi connectivity index (χ0n) is 17.5. The van der Waals surface area contributed by atoms with Crippen LogP contribution in [0.3, 0.4) is 0 Å². The average Bonchev–Trinajstić information content (AvgIpc) is 2.85. The van der Waals surface area contributed by atoms with Crippen LogP contribution in [-0.4, -0.2) is 82.8 Å². The highest BCUT2D eigenvalue weighted by Crippen LogP contribution is 2.35. The Labute approximate surface area is 167 Å². The third-order valence-electron chi connectivity index (χ3n) is 5.70. The molecule has 3 aliphatic heterocycles. The quantitative estimate of drug-likeness (QED) is 0.731. The van der Waals surface area contributed by atoms with Gasteiger partial charge in [0.05, 0.1) is 0 Å². The molecule has 0 aromatic heterocycles. The Morgan fingerprint density at radius 1 is 1.21 bits per heavy atom. The van der Waals surface area contributed by atoms with Crippen molar-refractivity contribution in [1.29, 1.82) is 0 Å². The molecule has 8 nitrogen and oxygen atoms in total. The fraction of sp³-hybridized carbons (Fsp3) is 0.850. The summed E-state index contributed by atoms with van der Waals surface area (Å²) in [5.41, 5.74) is -1.52. The maximum atomic E-state index is 12.9. The van der Waals surface area contributed by atoms with Gasteiger partial charge in [-0.15, -0.1) is 0 Å². The summed E-state index contributed by atoms with van der Waals surface area (Å²) in [6.45, 7) is 10.6. The number of carbonyl (C=O) groups is 3. The number of rotatable bonds is 3. The molecule has 3 rings (SSSR count). The zero-order valence-corrected chi connectivity index (χ0v) is 17.5. The van der Waals surface area contributed by atoms with E-state index in [-0.39, 0.29) is 18.0 Å². The molecule has 0 bridgehead atoms. The summed E-state index contributed by atoms with van der Waals surface area (Å²) in [7, 11) is 0. The van der Waals surface area contributed by atoms with Crippen LogP contribution in [0, 0.1) is 0 Å². The van der Waals surface area contributed by atoms with Gasteiger partial charge in [0.25, 0.3) is 5.91 Å². The molecule has 158 valence electrons. The van der Waals surface area contributed by atoms with Crippen LogP contribution < -0.4 is 0 Å². The van der Waals surface area contributed by atoms with Gasteiger partial charge in [0.2, 0.25) is 5.60 Å². The number of hydrogen-bond donors (Lipinski definition) is 0. The molecule has 1 atom stereocenters. The summed E-state index contributed by atoms with van der Waals surface area (Å²) >= 11 is 0. The molecule has 3 amide bonds. The number of carbonyl (C=O) groups excluding carboxylic acids is 3. The second-order valence-corrected chi connectivity index (χ2v) is 9.09. The standard InChI is InChI=1S/C20H33N3O5/c1-5-10-23-16(24)20(28-18(23)26)9-6-11-22(14-20)15-7-12-21(13-8-15)17(25)27-19(2,3)4/h15H,5-14H2,1-4H3. The molecule has 1 unspecified atom stereocenters. The summed E-state index contributed by atoms with van der Waals surface area (Å²) in [5.74, 6) is -0.185. The van der Waals surface area contributed by atoms with E-state index in [1.54, 1.807) is 4.90 Å². The van der Waals surface area contributed by atoms with Gasteiger partial charge in [0, 0.05) is 32.2 Å². The normalized spacial score (nSPS) is 27.4. The van der Waals surface area contributed by atoms with Crippen molar-refractivity contribution >= 4 is 18.1 Å². The van der Waals surface area contributed by atoms with Crippen molar-refractivity contribution in [2.24, 2.45) is 0 Å². The van der Waals surface area contributed by atoms with E-state index in [1.807, 2.05) is 27.7 Å². The Hall–Kier alpha value is -1.83. The molecule has 0 saturated carbocycles. The predicted octanol–water partition coefficient (Wildman–Crippen LogP) is 2.61. The van der Waals surface area contributed by atoms with Crippen LogP contribution in [0.5, 0.6) is 0 Å². The average molecular weight is 396 g/mol. The minimum atomic E-state index is -1.02. The van der Waals surface area contributed by atoms with Crippen LogP contribution in [0.25, 0.3) is 0 Å².